The third-order valence-corrected chi connectivity index (χ3v) is 5.02. The van der Waals surface area contributed by atoms with Gasteiger partial charge in [-0.3, -0.25) is 4.90 Å². The van der Waals surface area contributed by atoms with Gasteiger partial charge in [-0.15, -0.1) is 0 Å². The summed E-state index contributed by atoms with van der Waals surface area (Å²) in [5.74, 6) is 0. The van der Waals surface area contributed by atoms with Crippen molar-refractivity contribution in [3.8, 4) is 0 Å². The van der Waals surface area contributed by atoms with Gasteiger partial charge in [0.2, 0.25) is 0 Å². The Balaban J connectivity index is 1.45. The molecule has 2 heterocycles. The predicted octanol–water partition coefficient (Wildman–Crippen LogP) is 2.78. The van der Waals surface area contributed by atoms with Gasteiger partial charge >= 0.3 is 6.03 Å². The van der Waals surface area contributed by atoms with Gasteiger partial charge in [-0.2, -0.15) is 0 Å². The molecule has 7 heteroatoms. The molecule has 3 rings (SSSR count). The van der Waals surface area contributed by atoms with E-state index in [9.17, 15) is 4.79 Å². The Hall–Kier alpha value is -1.50. The molecule has 0 aliphatic carbocycles. The van der Waals surface area contributed by atoms with Crippen LogP contribution in [0, 0.1) is 0 Å². The fraction of sp³-hybridized carbons (Fsp3) is 0.611. The molecule has 0 aromatic heterocycles. The maximum atomic E-state index is 12.0. The molecule has 1 aromatic carbocycles. The van der Waals surface area contributed by atoms with E-state index in [0.717, 1.165) is 57.3 Å². The highest BCUT2D eigenvalue weighted by molar-refractivity contribution is 6.33. The molecule has 25 heavy (non-hydrogen) atoms. The number of hydrogen-bond acceptors (Lipinski definition) is 4. The summed E-state index contributed by atoms with van der Waals surface area (Å²) in [7, 11) is 0. The first-order valence-corrected chi connectivity index (χ1v) is 9.49. The Labute approximate surface area is 154 Å². The molecule has 0 saturated carbocycles. The first-order chi connectivity index (χ1) is 12.2. The molecule has 2 N–H and O–H groups in total. The second-order valence-corrected chi connectivity index (χ2v) is 6.96. The van der Waals surface area contributed by atoms with Crippen LogP contribution in [0.2, 0.25) is 5.02 Å². The maximum absolute atomic E-state index is 12.0. The van der Waals surface area contributed by atoms with E-state index in [1.807, 2.05) is 18.2 Å². The van der Waals surface area contributed by atoms with Gasteiger partial charge in [0, 0.05) is 45.0 Å². The molecular formula is C18H27ClN4O2. The van der Waals surface area contributed by atoms with Gasteiger partial charge in [0.25, 0.3) is 0 Å². The Kier molecular flexibility index (Phi) is 6.78. The molecule has 2 aliphatic heterocycles. The number of piperidine rings is 1. The highest BCUT2D eigenvalue weighted by atomic mass is 35.5. The number of benzene rings is 1. The number of carbonyl (C=O) groups is 1. The average Bonchev–Trinajstić information content (AvgIpc) is 2.63. The highest BCUT2D eigenvalue weighted by Gasteiger charge is 2.15. The molecule has 2 saturated heterocycles. The minimum atomic E-state index is -0.199. The standard InChI is InChI=1S/C18H27ClN4O2/c19-16-14-15(4-5-17(16)23-7-2-1-3-8-23)21-18(24)20-6-9-22-10-12-25-13-11-22/h4-5,14H,1-3,6-13H2,(H2,20,21,24). The summed E-state index contributed by atoms with van der Waals surface area (Å²) < 4.78 is 5.31. The smallest absolute Gasteiger partial charge is 0.319 e. The number of nitrogens with one attached hydrogen (secondary N) is 2. The lowest BCUT2D eigenvalue weighted by molar-refractivity contribution is 0.0388. The van der Waals surface area contributed by atoms with E-state index in [0.29, 0.717) is 11.6 Å². The molecule has 1 aromatic rings. The number of nitrogens with zero attached hydrogens (tertiary/aromatic N) is 2. The van der Waals surface area contributed by atoms with Gasteiger partial charge in [-0.25, -0.2) is 4.79 Å². The summed E-state index contributed by atoms with van der Waals surface area (Å²) in [6.45, 7) is 6.95. The quantitative estimate of drug-likeness (QED) is 0.841. The molecular weight excluding hydrogens is 340 g/mol. The summed E-state index contributed by atoms with van der Waals surface area (Å²) in [6, 6.07) is 5.54. The predicted molar refractivity (Wildman–Crippen MR) is 102 cm³/mol. The van der Waals surface area contributed by atoms with Gasteiger partial charge in [0.1, 0.15) is 0 Å². The van der Waals surface area contributed by atoms with Gasteiger partial charge < -0.3 is 20.3 Å². The van der Waals surface area contributed by atoms with Crippen LogP contribution in [0.4, 0.5) is 16.2 Å². The number of urea groups is 1. The molecule has 6 nitrogen and oxygen atoms in total. The van der Waals surface area contributed by atoms with Gasteiger partial charge in [-0.1, -0.05) is 11.6 Å². The normalized spacial score (nSPS) is 18.8. The largest absolute Gasteiger partial charge is 0.379 e. The van der Waals surface area contributed by atoms with Crippen LogP contribution in [0.5, 0.6) is 0 Å². The lowest BCUT2D eigenvalue weighted by Gasteiger charge is -2.29. The minimum absolute atomic E-state index is 0.199. The maximum Gasteiger partial charge on any atom is 0.319 e. The molecule has 0 atom stereocenters. The summed E-state index contributed by atoms with van der Waals surface area (Å²) in [5.41, 5.74) is 1.77. The van der Waals surface area contributed by atoms with Crippen molar-refractivity contribution in [2.24, 2.45) is 0 Å². The zero-order valence-corrected chi connectivity index (χ0v) is 15.4. The molecule has 0 spiro atoms. The van der Waals surface area contributed by atoms with E-state index >= 15 is 0 Å². The van der Waals surface area contributed by atoms with Crippen molar-refractivity contribution < 1.29 is 9.53 Å². The Morgan fingerprint density at radius 3 is 2.60 bits per heavy atom. The van der Waals surface area contributed by atoms with E-state index in [1.165, 1.54) is 19.3 Å². The molecule has 2 aliphatic rings. The molecule has 2 fully saturated rings. The fourth-order valence-corrected chi connectivity index (χ4v) is 3.60. The SMILES string of the molecule is O=C(NCCN1CCOCC1)Nc1ccc(N2CCCCC2)c(Cl)c1. The average molecular weight is 367 g/mol. The van der Waals surface area contributed by atoms with E-state index in [2.05, 4.69) is 20.4 Å². The summed E-state index contributed by atoms with van der Waals surface area (Å²) in [4.78, 5) is 16.6. The summed E-state index contributed by atoms with van der Waals surface area (Å²) in [6.07, 6.45) is 3.71. The monoisotopic (exact) mass is 366 g/mol. The minimum Gasteiger partial charge on any atom is -0.379 e. The van der Waals surface area contributed by atoms with Crippen LogP contribution in [-0.2, 0) is 4.74 Å². The number of carbonyl (C=O) groups excluding carboxylic acids is 1. The third kappa shape index (κ3) is 5.49. The van der Waals surface area contributed by atoms with E-state index in [4.69, 9.17) is 16.3 Å². The topological polar surface area (TPSA) is 56.8 Å². The van der Waals surface area contributed by atoms with Crippen LogP contribution >= 0.6 is 11.6 Å². The summed E-state index contributed by atoms with van der Waals surface area (Å²) in [5, 5.41) is 6.43. The van der Waals surface area contributed by atoms with Gasteiger partial charge in [-0.05, 0) is 37.5 Å². The Morgan fingerprint density at radius 1 is 1.12 bits per heavy atom. The molecule has 2 amide bonds. The zero-order valence-electron chi connectivity index (χ0n) is 14.6. The highest BCUT2D eigenvalue weighted by Crippen LogP contribution is 2.30. The first-order valence-electron chi connectivity index (χ1n) is 9.12. The lowest BCUT2D eigenvalue weighted by Crippen LogP contribution is -2.42. The van der Waals surface area contributed by atoms with Crippen molar-refractivity contribution in [1.82, 2.24) is 10.2 Å². The number of hydrogen-bond donors (Lipinski definition) is 2. The van der Waals surface area contributed by atoms with Crippen molar-refractivity contribution in [1.29, 1.82) is 0 Å². The van der Waals surface area contributed by atoms with E-state index < -0.39 is 0 Å². The van der Waals surface area contributed by atoms with Crippen LogP contribution in [0.25, 0.3) is 0 Å². The van der Waals surface area contributed by atoms with Crippen LogP contribution in [0.1, 0.15) is 19.3 Å². The van der Waals surface area contributed by atoms with Crippen molar-refractivity contribution in [2.75, 3.05) is 62.7 Å². The summed E-state index contributed by atoms with van der Waals surface area (Å²) >= 11 is 6.42. The fourth-order valence-electron chi connectivity index (χ4n) is 3.30. The number of ether oxygens (including phenoxy) is 1. The van der Waals surface area contributed by atoms with E-state index in [1.54, 1.807) is 0 Å². The molecule has 0 bridgehead atoms. The van der Waals surface area contributed by atoms with Crippen molar-refractivity contribution in [2.45, 2.75) is 19.3 Å². The number of morpholine rings is 1. The Morgan fingerprint density at radius 2 is 1.88 bits per heavy atom. The van der Waals surface area contributed by atoms with Crippen LogP contribution in [0.3, 0.4) is 0 Å². The number of rotatable bonds is 5. The first kappa shape index (κ1) is 18.3. The van der Waals surface area contributed by atoms with Crippen molar-refractivity contribution >= 4 is 29.0 Å². The van der Waals surface area contributed by atoms with Crippen molar-refractivity contribution in [3.05, 3.63) is 23.2 Å². The number of halogens is 1. The number of anilines is 2. The van der Waals surface area contributed by atoms with Gasteiger partial charge in [0.15, 0.2) is 0 Å². The lowest BCUT2D eigenvalue weighted by atomic mass is 10.1. The zero-order chi connectivity index (χ0) is 17.5. The molecule has 138 valence electrons. The van der Waals surface area contributed by atoms with Crippen LogP contribution in [-0.4, -0.2) is 63.4 Å². The van der Waals surface area contributed by atoms with Crippen LogP contribution < -0.4 is 15.5 Å². The Bertz CT molecular complexity index is 572. The van der Waals surface area contributed by atoms with Gasteiger partial charge in [0.05, 0.1) is 23.9 Å². The van der Waals surface area contributed by atoms with Crippen molar-refractivity contribution in [3.63, 3.8) is 0 Å². The number of amides is 2. The third-order valence-electron chi connectivity index (χ3n) is 4.72. The van der Waals surface area contributed by atoms with E-state index in [-0.39, 0.29) is 6.03 Å². The van der Waals surface area contributed by atoms with Crippen LogP contribution in [0.15, 0.2) is 18.2 Å². The molecule has 0 radical (unpaired) electrons. The second kappa shape index (κ2) is 9.27. The molecule has 0 unspecified atom stereocenters. The second-order valence-electron chi connectivity index (χ2n) is 6.55.